The maximum Gasteiger partial charge on any atom is 0.305 e. The molecule has 0 bridgehead atoms. The molecule has 0 spiro atoms. The third kappa shape index (κ3) is 3.51. The maximum atomic E-state index is 11.6. The van der Waals surface area contributed by atoms with Gasteiger partial charge in [-0.25, -0.2) is 0 Å². The van der Waals surface area contributed by atoms with E-state index in [1.165, 1.54) is 0 Å². The first-order valence-electron chi connectivity index (χ1n) is 5.23. The van der Waals surface area contributed by atoms with Gasteiger partial charge in [-0.2, -0.15) is 0 Å². The largest absolute Gasteiger partial charge is 0.481 e. The lowest BCUT2D eigenvalue weighted by Crippen LogP contribution is -2.50. The van der Waals surface area contributed by atoms with Gasteiger partial charge >= 0.3 is 5.97 Å². The van der Waals surface area contributed by atoms with Gasteiger partial charge in [0.2, 0.25) is 5.91 Å². The summed E-state index contributed by atoms with van der Waals surface area (Å²) in [6, 6.07) is -0.300. The smallest absolute Gasteiger partial charge is 0.305 e. The molecular weight excluding hydrogens is 196 g/mol. The summed E-state index contributed by atoms with van der Waals surface area (Å²) in [7, 11) is 0. The molecule has 1 heterocycles. The van der Waals surface area contributed by atoms with Crippen molar-refractivity contribution in [3.8, 4) is 0 Å². The molecule has 0 aromatic heterocycles. The van der Waals surface area contributed by atoms with Crippen LogP contribution in [0.4, 0.5) is 0 Å². The van der Waals surface area contributed by atoms with Crippen molar-refractivity contribution in [2.45, 2.75) is 26.3 Å². The highest BCUT2D eigenvalue weighted by atomic mass is 16.4. The number of aliphatic carboxylic acids is 1. The average molecular weight is 214 g/mol. The summed E-state index contributed by atoms with van der Waals surface area (Å²) in [6.45, 7) is 5.34. The Bertz CT molecular complexity index is 251. The van der Waals surface area contributed by atoms with Crippen molar-refractivity contribution >= 4 is 11.9 Å². The van der Waals surface area contributed by atoms with Gasteiger partial charge in [0.05, 0.1) is 6.42 Å². The predicted octanol–water partition coefficient (Wildman–Crippen LogP) is -0.179. The topological polar surface area (TPSA) is 78.4 Å². The molecule has 2 unspecified atom stereocenters. The number of hydrogen-bond acceptors (Lipinski definition) is 3. The van der Waals surface area contributed by atoms with Crippen molar-refractivity contribution < 1.29 is 14.7 Å². The molecule has 5 heteroatoms. The Balaban J connectivity index is 2.30. The fourth-order valence-corrected chi connectivity index (χ4v) is 1.57. The Kier molecular flexibility index (Phi) is 4.08. The van der Waals surface area contributed by atoms with Crippen LogP contribution < -0.4 is 10.6 Å². The molecule has 1 aliphatic rings. The summed E-state index contributed by atoms with van der Waals surface area (Å²) in [5, 5.41) is 14.4. The Labute approximate surface area is 89.2 Å². The third-order valence-electron chi connectivity index (χ3n) is 2.80. The van der Waals surface area contributed by atoms with E-state index in [-0.39, 0.29) is 24.3 Å². The minimum absolute atomic E-state index is 0.0264. The number of rotatable bonds is 5. The van der Waals surface area contributed by atoms with E-state index in [0.29, 0.717) is 5.92 Å². The van der Waals surface area contributed by atoms with E-state index in [4.69, 9.17) is 5.11 Å². The average Bonchev–Trinajstić information content (AvgIpc) is 1.98. The SMILES string of the molecule is CC(CC(=O)O)NC(=O)C(C)C1CNC1. The lowest BCUT2D eigenvalue weighted by Gasteiger charge is -2.32. The Morgan fingerprint density at radius 3 is 2.47 bits per heavy atom. The Hall–Kier alpha value is -1.10. The minimum atomic E-state index is -0.888. The van der Waals surface area contributed by atoms with Gasteiger partial charge in [0.15, 0.2) is 0 Å². The standard InChI is InChI=1S/C10H18N2O3/c1-6(3-9(13)14)12-10(15)7(2)8-4-11-5-8/h6-8,11H,3-5H2,1-2H3,(H,12,15)(H,13,14). The Morgan fingerprint density at radius 2 is 2.07 bits per heavy atom. The normalized spacial score (nSPS) is 20.1. The van der Waals surface area contributed by atoms with Crippen LogP contribution >= 0.6 is 0 Å². The van der Waals surface area contributed by atoms with Gasteiger partial charge in [0.25, 0.3) is 0 Å². The molecule has 3 N–H and O–H groups in total. The molecule has 0 aromatic rings. The lowest BCUT2D eigenvalue weighted by atomic mass is 9.88. The van der Waals surface area contributed by atoms with Crippen molar-refractivity contribution in [1.29, 1.82) is 0 Å². The molecule has 0 radical (unpaired) electrons. The monoisotopic (exact) mass is 214 g/mol. The second-order valence-electron chi connectivity index (χ2n) is 4.21. The van der Waals surface area contributed by atoms with Crippen molar-refractivity contribution in [2.75, 3.05) is 13.1 Å². The van der Waals surface area contributed by atoms with E-state index in [1.807, 2.05) is 6.92 Å². The molecule has 86 valence electrons. The molecule has 0 aliphatic carbocycles. The van der Waals surface area contributed by atoms with Crippen LogP contribution in [-0.2, 0) is 9.59 Å². The van der Waals surface area contributed by atoms with Gasteiger partial charge in [-0.1, -0.05) is 6.92 Å². The molecule has 1 rings (SSSR count). The first kappa shape index (κ1) is 12.0. The fraction of sp³-hybridized carbons (Fsp3) is 0.800. The number of amides is 1. The molecule has 15 heavy (non-hydrogen) atoms. The molecule has 1 fully saturated rings. The minimum Gasteiger partial charge on any atom is -0.481 e. The van der Waals surface area contributed by atoms with E-state index in [9.17, 15) is 9.59 Å². The first-order valence-corrected chi connectivity index (χ1v) is 5.23. The molecule has 1 amide bonds. The zero-order valence-electron chi connectivity index (χ0n) is 9.12. The van der Waals surface area contributed by atoms with Crippen LogP contribution in [0, 0.1) is 11.8 Å². The highest BCUT2D eigenvalue weighted by Gasteiger charge is 2.29. The first-order chi connectivity index (χ1) is 7.00. The van der Waals surface area contributed by atoms with E-state index in [1.54, 1.807) is 6.92 Å². The highest BCUT2D eigenvalue weighted by Crippen LogP contribution is 2.15. The molecule has 0 saturated carbocycles. The van der Waals surface area contributed by atoms with Gasteiger partial charge in [0.1, 0.15) is 0 Å². The quantitative estimate of drug-likeness (QED) is 0.593. The van der Waals surface area contributed by atoms with Gasteiger partial charge in [-0.05, 0) is 25.9 Å². The number of carbonyl (C=O) groups is 2. The number of carboxylic acid groups (broad SMARTS) is 1. The summed E-state index contributed by atoms with van der Waals surface area (Å²) < 4.78 is 0. The zero-order chi connectivity index (χ0) is 11.4. The second kappa shape index (κ2) is 5.11. The van der Waals surface area contributed by atoms with Crippen molar-refractivity contribution in [2.24, 2.45) is 11.8 Å². The number of nitrogens with one attached hydrogen (secondary N) is 2. The van der Waals surface area contributed by atoms with Gasteiger partial charge in [-0.15, -0.1) is 0 Å². The summed E-state index contributed by atoms with van der Waals surface area (Å²) in [5.41, 5.74) is 0. The van der Waals surface area contributed by atoms with Crippen LogP contribution in [0.1, 0.15) is 20.3 Å². The Morgan fingerprint density at radius 1 is 1.47 bits per heavy atom. The third-order valence-corrected chi connectivity index (χ3v) is 2.80. The predicted molar refractivity (Wildman–Crippen MR) is 55.4 cm³/mol. The summed E-state index contributed by atoms with van der Waals surface area (Å²) >= 11 is 0. The summed E-state index contributed by atoms with van der Waals surface area (Å²) in [6.07, 6.45) is -0.0264. The number of hydrogen-bond donors (Lipinski definition) is 3. The number of carboxylic acids is 1. The summed E-state index contributed by atoms with van der Waals surface area (Å²) in [4.78, 5) is 22.0. The lowest BCUT2D eigenvalue weighted by molar-refractivity contribution is -0.137. The van der Waals surface area contributed by atoms with E-state index in [2.05, 4.69) is 10.6 Å². The second-order valence-corrected chi connectivity index (χ2v) is 4.21. The van der Waals surface area contributed by atoms with Crippen LogP contribution in [0.5, 0.6) is 0 Å². The van der Waals surface area contributed by atoms with Crippen molar-refractivity contribution in [1.82, 2.24) is 10.6 Å². The molecule has 2 atom stereocenters. The van der Waals surface area contributed by atoms with Gasteiger partial charge in [0, 0.05) is 12.0 Å². The van der Waals surface area contributed by atoms with E-state index < -0.39 is 5.97 Å². The van der Waals surface area contributed by atoms with Crippen molar-refractivity contribution in [3.05, 3.63) is 0 Å². The maximum absolute atomic E-state index is 11.6. The molecule has 1 aliphatic heterocycles. The summed E-state index contributed by atoms with van der Waals surface area (Å²) in [5.74, 6) is -0.583. The fourth-order valence-electron chi connectivity index (χ4n) is 1.57. The van der Waals surface area contributed by atoms with Crippen LogP contribution in [0.2, 0.25) is 0 Å². The van der Waals surface area contributed by atoms with Gasteiger partial charge < -0.3 is 15.7 Å². The van der Waals surface area contributed by atoms with Crippen LogP contribution in [0.3, 0.4) is 0 Å². The number of carbonyl (C=O) groups excluding carboxylic acids is 1. The molecule has 1 saturated heterocycles. The van der Waals surface area contributed by atoms with E-state index in [0.717, 1.165) is 13.1 Å². The highest BCUT2D eigenvalue weighted by molar-refractivity contribution is 5.79. The zero-order valence-corrected chi connectivity index (χ0v) is 9.12. The van der Waals surface area contributed by atoms with Crippen LogP contribution in [0.15, 0.2) is 0 Å². The van der Waals surface area contributed by atoms with Crippen LogP contribution in [-0.4, -0.2) is 36.1 Å². The molecule has 5 nitrogen and oxygen atoms in total. The van der Waals surface area contributed by atoms with Crippen LogP contribution in [0.25, 0.3) is 0 Å². The molecular formula is C10H18N2O3. The van der Waals surface area contributed by atoms with Crippen molar-refractivity contribution in [3.63, 3.8) is 0 Å². The van der Waals surface area contributed by atoms with Gasteiger partial charge in [-0.3, -0.25) is 9.59 Å². The molecule has 0 aromatic carbocycles. The van der Waals surface area contributed by atoms with E-state index >= 15 is 0 Å².